The quantitative estimate of drug-likeness (QED) is 0.489. The van der Waals surface area contributed by atoms with E-state index in [0.717, 1.165) is 23.4 Å². The van der Waals surface area contributed by atoms with Crippen LogP contribution in [0.5, 0.6) is 0 Å². The molecule has 11 heteroatoms. The Morgan fingerprint density at radius 1 is 1.26 bits per heavy atom. The van der Waals surface area contributed by atoms with Gasteiger partial charge < -0.3 is 24.6 Å². The Morgan fingerprint density at radius 2 is 2.09 bits per heavy atom. The number of hydrogen-bond acceptors (Lipinski definition) is 9. The van der Waals surface area contributed by atoms with Crippen molar-refractivity contribution in [1.82, 2.24) is 20.8 Å². The summed E-state index contributed by atoms with van der Waals surface area (Å²) in [4.78, 5) is 43.6. The number of pyridine rings is 1. The molecule has 1 aliphatic heterocycles. The molecule has 10 nitrogen and oxygen atoms in total. The second kappa shape index (κ2) is 8.90. The van der Waals surface area contributed by atoms with Crippen LogP contribution in [-0.4, -0.2) is 41.3 Å². The topological polar surface area (TPSA) is 133 Å². The molecule has 0 unspecified atom stereocenters. The number of fused-ring (bicyclic) bond motifs is 1. The summed E-state index contributed by atoms with van der Waals surface area (Å²) >= 11 is 1.39. The first-order valence-electron chi connectivity index (χ1n) is 10.9. The zero-order chi connectivity index (χ0) is 23.8. The Morgan fingerprint density at radius 3 is 2.79 bits per heavy atom. The number of urea groups is 1. The number of ether oxygens (including phenoxy) is 2. The highest BCUT2D eigenvalue weighted by Crippen LogP contribution is 2.40. The first-order valence-corrected chi connectivity index (χ1v) is 11.8. The highest BCUT2D eigenvalue weighted by atomic mass is 32.1. The van der Waals surface area contributed by atoms with Gasteiger partial charge in [-0.1, -0.05) is 11.2 Å². The zero-order valence-electron chi connectivity index (χ0n) is 18.5. The molecule has 176 valence electrons. The van der Waals surface area contributed by atoms with Gasteiger partial charge in [-0.2, -0.15) is 0 Å². The average Bonchev–Trinajstić information content (AvgIpc) is 3.39. The summed E-state index contributed by atoms with van der Waals surface area (Å²) < 4.78 is 16.1. The Hall–Kier alpha value is -3.73. The van der Waals surface area contributed by atoms with Crippen molar-refractivity contribution in [3.63, 3.8) is 0 Å². The van der Waals surface area contributed by atoms with E-state index in [0.29, 0.717) is 16.6 Å². The number of hydrogen-bond donors (Lipinski definition) is 2. The Kier molecular flexibility index (Phi) is 5.78. The fourth-order valence-electron chi connectivity index (χ4n) is 3.93. The molecule has 0 bridgehead atoms. The molecule has 0 saturated heterocycles. The predicted octanol–water partition coefficient (Wildman–Crippen LogP) is 3.50. The van der Waals surface area contributed by atoms with Crippen molar-refractivity contribution >= 4 is 40.4 Å². The predicted molar refractivity (Wildman–Crippen MR) is 121 cm³/mol. The molecule has 34 heavy (non-hydrogen) atoms. The van der Waals surface area contributed by atoms with Crippen LogP contribution in [0, 0.1) is 6.92 Å². The van der Waals surface area contributed by atoms with Crippen LogP contribution in [0.15, 0.2) is 39.4 Å². The van der Waals surface area contributed by atoms with Crippen molar-refractivity contribution in [3.05, 3.63) is 56.7 Å². The van der Waals surface area contributed by atoms with E-state index in [1.54, 1.807) is 19.9 Å². The lowest BCUT2D eigenvalue weighted by molar-refractivity contribution is -0.139. The molecule has 2 aliphatic rings. The summed E-state index contributed by atoms with van der Waals surface area (Å²) in [5.41, 5.74) is 2.22. The third-order valence-electron chi connectivity index (χ3n) is 5.68. The van der Waals surface area contributed by atoms with Gasteiger partial charge in [0.05, 0.1) is 40.6 Å². The molecule has 1 aliphatic carbocycles. The number of nitrogens with zero attached hydrogens (tertiary/aromatic N) is 2. The number of thiophene rings is 1. The number of esters is 2. The molecule has 1 fully saturated rings. The number of carbonyl (C=O) groups excluding carboxylic acids is 3. The molecule has 0 radical (unpaired) electrons. The minimum absolute atomic E-state index is 0.159. The van der Waals surface area contributed by atoms with Crippen LogP contribution >= 0.6 is 11.3 Å². The van der Waals surface area contributed by atoms with E-state index in [1.165, 1.54) is 11.3 Å². The van der Waals surface area contributed by atoms with Gasteiger partial charge in [0.2, 0.25) is 0 Å². The molecule has 1 saturated carbocycles. The van der Waals surface area contributed by atoms with Gasteiger partial charge in [-0.25, -0.2) is 19.4 Å². The number of amides is 2. The first-order chi connectivity index (χ1) is 16.5. The maximum absolute atomic E-state index is 13.2. The van der Waals surface area contributed by atoms with Gasteiger partial charge in [-0.05, 0) is 44.2 Å². The molecule has 3 aromatic rings. The normalized spacial score (nSPS) is 17.9. The fourth-order valence-corrected chi connectivity index (χ4v) is 4.71. The van der Waals surface area contributed by atoms with Gasteiger partial charge in [0.1, 0.15) is 6.61 Å². The summed E-state index contributed by atoms with van der Waals surface area (Å²) in [7, 11) is 0. The van der Waals surface area contributed by atoms with Gasteiger partial charge in [-0.15, -0.1) is 11.3 Å². The van der Waals surface area contributed by atoms with E-state index < -0.39 is 24.0 Å². The molecule has 0 spiro atoms. The molecule has 0 aromatic carbocycles. The zero-order valence-corrected chi connectivity index (χ0v) is 19.4. The fraction of sp³-hybridized carbons (Fsp3) is 0.348. The number of carbonyl (C=O) groups is 3. The second-order valence-electron chi connectivity index (χ2n) is 8.05. The lowest BCUT2D eigenvalue weighted by Crippen LogP contribution is -2.46. The van der Waals surface area contributed by atoms with Gasteiger partial charge in [0.15, 0.2) is 0 Å². The number of aromatic nitrogens is 2. The van der Waals surface area contributed by atoms with Gasteiger partial charge >= 0.3 is 18.0 Å². The van der Waals surface area contributed by atoms with Gasteiger partial charge in [0, 0.05) is 16.5 Å². The molecule has 2 N–H and O–H groups in total. The molecule has 4 heterocycles. The summed E-state index contributed by atoms with van der Waals surface area (Å²) in [5, 5.41) is 11.6. The van der Waals surface area contributed by atoms with Gasteiger partial charge in [-0.3, -0.25) is 0 Å². The lowest BCUT2D eigenvalue weighted by atomic mass is 10.0. The van der Waals surface area contributed by atoms with E-state index in [-0.39, 0.29) is 36.1 Å². The summed E-state index contributed by atoms with van der Waals surface area (Å²) in [6.07, 6.45) is 2.00. The standard InChI is InChI=1S/C23H22N4O6S/c1-3-31-22(29)18-15(25-23(30)26-19(18)16-5-4-8-34-16)10-32-21(28)13-9-14(12-6-7-12)24-20-17(13)11(2)27-33-20/h4-5,8-9,12,19H,3,6-7,10H2,1-2H3,(H2,25,26,30)/t19-/m1/s1. The van der Waals surface area contributed by atoms with Crippen LogP contribution in [0.3, 0.4) is 0 Å². The minimum atomic E-state index is -0.712. The first kappa shape index (κ1) is 22.1. The van der Waals surface area contributed by atoms with Crippen LogP contribution in [-0.2, 0) is 14.3 Å². The van der Waals surface area contributed by atoms with E-state index in [9.17, 15) is 14.4 Å². The van der Waals surface area contributed by atoms with Crippen molar-refractivity contribution in [2.24, 2.45) is 0 Å². The lowest BCUT2D eigenvalue weighted by Gasteiger charge is -2.28. The van der Waals surface area contributed by atoms with Crippen LogP contribution < -0.4 is 10.6 Å². The monoisotopic (exact) mass is 482 g/mol. The second-order valence-corrected chi connectivity index (χ2v) is 9.03. The van der Waals surface area contributed by atoms with Crippen LogP contribution in [0.4, 0.5) is 4.79 Å². The summed E-state index contributed by atoms with van der Waals surface area (Å²) in [6, 6.07) is 4.13. The molecule has 5 rings (SSSR count). The minimum Gasteiger partial charge on any atom is -0.463 e. The Bertz CT molecular complexity index is 1310. The molecule has 3 aromatic heterocycles. The number of rotatable bonds is 7. The van der Waals surface area contributed by atoms with Crippen molar-refractivity contribution in [3.8, 4) is 0 Å². The highest BCUT2D eigenvalue weighted by molar-refractivity contribution is 7.10. The molecule has 1 atom stereocenters. The van der Waals surface area contributed by atoms with Crippen molar-refractivity contribution in [2.75, 3.05) is 13.2 Å². The van der Waals surface area contributed by atoms with Crippen LogP contribution in [0.25, 0.3) is 11.1 Å². The molecule has 2 amide bonds. The van der Waals surface area contributed by atoms with Crippen LogP contribution in [0.1, 0.15) is 58.3 Å². The van der Waals surface area contributed by atoms with Gasteiger partial charge in [0.25, 0.3) is 5.71 Å². The third kappa shape index (κ3) is 4.14. The maximum Gasteiger partial charge on any atom is 0.339 e. The van der Waals surface area contributed by atoms with E-state index in [2.05, 4.69) is 20.8 Å². The van der Waals surface area contributed by atoms with E-state index in [1.807, 2.05) is 17.5 Å². The largest absolute Gasteiger partial charge is 0.463 e. The van der Waals surface area contributed by atoms with Crippen molar-refractivity contribution < 1.29 is 28.4 Å². The number of aryl methyl sites for hydroxylation is 1. The average molecular weight is 483 g/mol. The highest BCUT2D eigenvalue weighted by Gasteiger charge is 2.35. The SMILES string of the molecule is CCOC(=O)C1=C(COC(=O)c2cc(C3CC3)nc3onc(C)c23)NC(=O)N[C@@H]1c1cccs1. The summed E-state index contributed by atoms with van der Waals surface area (Å²) in [5.74, 6) is -0.942. The Labute approximate surface area is 198 Å². The van der Waals surface area contributed by atoms with E-state index >= 15 is 0 Å². The Balaban J connectivity index is 1.47. The maximum atomic E-state index is 13.2. The van der Waals surface area contributed by atoms with Crippen molar-refractivity contribution in [1.29, 1.82) is 0 Å². The summed E-state index contributed by atoms with van der Waals surface area (Å²) in [6.45, 7) is 3.25. The molecular formula is C23H22N4O6S. The van der Waals surface area contributed by atoms with Crippen LogP contribution in [0.2, 0.25) is 0 Å². The molecular weight excluding hydrogens is 460 g/mol. The number of nitrogens with one attached hydrogen (secondary N) is 2. The van der Waals surface area contributed by atoms with Crippen molar-refractivity contribution in [2.45, 2.75) is 38.6 Å². The van der Waals surface area contributed by atoms with E-state index in [4.69, 9.17) is 14.0 Å². The third-order valence-corrected chi connectivity index (χ3v) is 6.61. The smallest absolute Gasteiger partial charge is 0.339 e.